The third-order valence-electron chi connectivity index (χ3n) is 21.6. The summed E-state index contributed by atoms with van der Waals surface area (Å²) in [4.78, 5) is 58.6. The number of phenols is 2. The Morgan fingerprint density at radius 1 is 0.628 bits per heavy atom. The predicted molar refractivity (Wildman–Crippen MR) is 362 cm³/mol. The number of carbonyl (C=O) groups is 4. The number of allylic oxidation sites excluding steroid dienone is 9. The number of hydroxylamine groups is 1. The maximum absolute atomic E-state index is 17.6. The molecule has 0 amide bonds. The van der Waals surface area contributed by atoms with Crippen molar-refractivity contribution in [2.24, 2.45) is 51.2 Å². The summed E-state index contributed by atoms with van der Waals surface area (Å²) in [5.41, 5.74) is -4.42. The minimum Gasteiger partial charge on any atom is -0.508 e. The number of phenolic OH excluding ortho intramolecular Hbond substituents is 2. The highest BCUT2D eigenvalue weighted by Gasteiger charge is 2.80. The maximum atomic E-state index is 17.6. The summed E-state index contributed by atoms with van der Waals surface area (Å²) in [7, 11) is 0. The van der Waals surface area contributed by atoms with Crippen LogP contribution in [0.15, 0.2) is 166 Å². The lowest BCUT2D eigenvalue weighted by Crippen LogP contribution is -2.70. The number of alkyl halides is 4. The van der Waals surface area contributed by atoms with Crippen molar-refractivity contribution in [1.29, 1.82) is 0 Å². The Morgan fingerprint density at radius 2 is 1.09 bits per heavy atom. The van der Waals surface area contributed by atoms with Crippen LogP contribution in [0.1, 0.15) is 114 Å². The fourth-order valence-electron chi connectivity index (χ4n) is 17.2. The van der Waals surface area contributed by atoms with Crippen molar-refractivity contribution in [2.75, 3.05) is 30.3 Å². The fraction of sp³-hybridized carbons (Fsp3) is 0.486. The number of aliphatic hydroxyl groups excluding tert-OH is 4. The first-order valence-electron chi connectivity index (χ1n) is 30.0. The SMILES string of the molecule is C.C.C.C.C.C[C@]12C=CC(=O)C=C1[C@@H](F)C[C@H]1[C@@H]3CC=C(C(=O)CO)[C@@]3(C)C[C@H](O)[C@@]12F.C[C@]12C=CC(=O)C=C1[C@@H](F)C[C@H]1[C@@H]3C[C@H]4CN(c5ccc(CSc6ccc(O)cc6)cc5)O[C@@]4(C(=O)CO)[C@@]3(C)C[C@H](O)[C@@]12F.ONc1ccc(SCc2ccc(O)cc2)cc1. The molecule has 0 spiro atoms. The smallest absolute Gasteiger partial charge is 0.193 e. The van der Waals surface area contributed by atoms with Gasteiger partial charge in [-0.05, 0) is 189 Å². The van der Waals surface area contributed by atoms with Crippen LogP contribution in [0.2, 0.25) is 0 Å². The van der Waals surface area contributed by atoms with Crippen LogP contribution in [0.5, 0.6) is 11.5 Å². The zero-order valence-electron chi connectivity index (χ0n) is 49.7. The number of anilines is 2. The topological polar surface area (TPSA) is 234 Å². The van der Waals surface area contributed by atoms with Crippen molar-refractivity contribution >= 4 is 58.0 Å². The van der Waals surface area contributed by atoms with Crippen LogP contribution in [0.3, 0.4) is 0 Å². The fourth-order valence-corrected chi connectivity index (χ4v) is 18.9. The summed E-state index contributed by atoms with van der Waals surface area (Å²) in [5, 5.41) is 71.1. The number of carbonyl (C=O) groups excluding carboxylic acids is 4. The number of hydrogen-bond acceptors (Lipinski definition) is 16. The molecule has 8 aliphatic carbocycles. The summed E-state index contributed by atoms with van der Waals surface area (Å²) in [5.74, 6) is -2.67. The average molecular weight is 1340 g/mol. The number of Topliss-reactive ketones (excluding diaryl/α,β-unsaturated/α-hetero) is 2. The molecule has 1 saturated heterocycles. The van der Waals surface area contributed by atoms with Crippen molar-refractivity contribution < 1.29 is 77.4 Å². The van der Waals surface area contributed by atoms with Crippen LogP contribution >= 0.6 is 23.5 Å². The lowest BCUT2D eigenvalue weighted by atomic mass is 9.44. The molecule has 94 heavy (non-hydrogen) atoms. The van der Waals surface area contributed by atoms with E-state index in [4.69, 9.17) is 15.2 Å². The summed E-state index contributed by atoms with van der Waals surface area (Å²) >= 11 is 3.34. The quantitative estimate of drug-likeness (QED) is 0.0374. The van der Waals surface area contributed by atoms with Crippen molar-refractivity contribution in [2.45, 2.75) is 166 Å². The number of hydrogen-bond donors (Lipinski definition) is 8. The van der Waals surface area contributed by atoms with Crippen LogP contribution in [0.4, 0.5) is 28.9 Å². The Labute approximate surface area is 559 Å². The zero-order valence-corrected chi connectivity index (χ0v) is 51.3. The molecule has 512 valence electrons. The van der Waals surface area contributed by atoms with Gasteiger partial charge in [-0.1, -0.05) is 93.5 Å². The second-order valence-corrected chi connectivity index (χ2v) is 28.2. The Morgan fingerprint density at radius 3 is 1.56 bits per heavy atom. The van der Waals surface area contributed by atoms with Gasteiger partial charge in [0, 0.05) is 60.7 Å². The first-order chi connectivity index (χ1) is 42.2. The van der Waals surface area contributed by atoms with E-state index in [1.54, 1.807) is 79.7 Å². The molecule has 13 rings (SSSR count). The van der Waals surface area contributed by atoms with Crippen LogP contribution in [-0.2, 0) is 35.5 Å². The van der Waals surface area contributed by atoms with Gasteiger partial charge in [-0.15, -0.1) is 23.5 Å². The second kappa shape index (κ2) is 28.8. The van der Waals surface area contributed by atoms with Crippen molar-refractivity contribution in [1.82, 2.24) is 0 Å². The van der Waals surface area contributed by atoms with Gasteiger partial charge in [-0.2, -0.15) is 0 Å². The normalized spacial score (nSPS) is 34.8. The molecular formula is C74H94F4N2O12S2. The Bertz CT molecular complexity index is 3570. The molecule has 16 atom stereocenters. The number of halogens is 4. The molecule has 8 N–H and O–H groups in total. The standard InChI is InChI=1S/C35H37F2NO6S.C21H24F2O4.C13H13NO2S.5CH4/c1-32-12-11-24(41)14-28(32)29(36)15-27-26-13-21-17-38(22-5-3-20(4-6-22)19-45-25-9-7-23(40)8-10-25)44-35(21,31(43)18-39)33(26,2)16-30(42)34(27,32)37;1-19-9-18(27)21(23)14(12(19)3-4-13(19)17(26)10-24)8-16(22)15-7-11(25)5-6-20(15,21)2;15-12-5-1-10(2-6-12)9-17-13-7-3-11(14-16)4-8-13;;;;;/h3-12,14,21,26-27,29-30,39-40,42H,13,15-19H2,1-2H3;4-7,12,14,16,18,24,27H,3,8-10H2,1-2H3;1-8,14-16H,9H2;5*1H4/t21-,26-,27-,29-,30-,32-,33-,34-,35-;12-,14-,16-,18-,19-,20-,21-;;;;;;/m00....../s1. The van der Waals surface area contributed by atoms with E-state index in [2.05, 4.69) is 5.48 Å². The molecule has 20 heteroatoms. The molecular weight excluding hydrogens is 1250 g/mol. The van der Waals surface area contributed by atoms with E-state index in [-0.39, 0.29) is 97.2 Å². The van der Waals surface area contributed by atoms with Gasteiger partial charge in [-0.25, -0.2) is 17.6 Å². The van der Waals surface area contributed by atoms with E-state index in [0.717, 1.165) is 38.4 Å². The number of benzene rings is 4. The van der Waals surface area contributed by atoms with Gasteiger partial charge in [0.05, 0.1) is 30.1 Å². The van der Waals surface area contributed by atoms with Gasteiger partial charge >= 0.3 is 0 Å². The van der Waals surface area contributed by atoms with Gasteiger partial charge in [0.25, 0.3) is 0 Å². The van der Waals surface area contributed by atoms with Crippen molar-refractivity contribution in [3.05, 3.63) is 167 Å². The predicted octanol–water partition coefficient (Wildman–Crippen LogP) is 14.4. The number of aliphatic hydroxyl groups is 4. The van der Waals surface area contributed by atoms with E-state index in [9.17, 15) is 44.7 Å². The number of ketones is 4. The highest BCUT2D eigenvalue weighted by molar-refractivity contribution is 7.98. The number of fused-ring (bicyclic) bond motifs is 12. The van der Waals surface area contributed by atoms with Gasteiger partial charge < -0.3 is 30.6 Å². The minimum absolute atomic E-state index is 0. The van der Waals surface area contributed by atoms with Crippen LogP contribution < -0.4 is 10.5 Å². The van der Waals surface area contributed by atoms with E-state index in [1.165, 1.54) is 30.4 Å². The van der Waals surface area contributed by atoms with Gasteiger partial charge in [0.1, 0.15) is 37.1 Å². The Balaban J connectivity index is 0.000000244. The molecule has 0 unspecified atom stereocenters. The number of thioether (sulfide) groups is 2. The monoisotopic (exact) mass is 1340 g/mol. The van der Waals surface area contributed by atoms with Gasteiger partial charge in [0.15, 0.2) is 40.1 Å². The largest absolute Gasteiger partial charge is 0.508 e. The molecule has 6 fully saturated rings. The van der Waals surface area contributed by atoms with Crippen molar-refractivity contribution in [3.8, 4) is 11.5 Å². The van der Waals surface area contributed by atoms with E-state index < -0.39 is 117 Å². The second-order valence-electron chi connectivity index (χ2n) is 26.1. The molecule has 14 nitrogen and oxygen atoms in total. The highest BCUT2D eigenvalue weighted by atomic mass is 32.2. The van der Waals surface area contributed by atoms with E-state index in [0.29, 0.717) is 36.4 Å². The molecule has 1 heterocycles. The zero-order chi connectivity index (χ0) is 63.8. The molecule has 0 aromatic heterocycles. The van der Waals surface area contributed by atoms with Gasteiger partial charge in [-0.3, -0.25) is 39.8 Å². The van der Waals surface area contributed by atoms with E-state index >= 15 is 17.6 Å². The minimum atomic E-state index is -2.25. The molecule has 5 saturated carbocycles. The molecule has 4 aromatic carbocycles. The van der Waals surface area contributed by atoms with Crippen LogP contribution in [-0.4, -0.2) is 120 Å². The molecule has 0 radical (unpaired) electrons. The summed E-state index contributed by atoms with van der Waals surface area (Å²) in [6.07, 6.45) is 3.65. The average Bonchev–Trinajstić information content (AvgIpc) is 1.39. The molecule has 1 aliphatic heterocycles. The first kappa shape index (κ1) is 76.7. The van der Waals surface area contributed by atoms with Crippen molar-refractivity contribution in [3.63, 3.8) is 0 Å². The van der Waals surface area contributed by atoms with Crippen LogP contribution in [0, 0.1) is 51.2 Å². The van der Waals surface area contributed by atoms with Crippen LogP contribution in [0.25, 0.3) is 0 Å². The number of aromatic hydroxyl groups is 2. The lowest BCUT2D eigenvalue weighted by Gasteiger charge is -2.63. The Kier molecular flexibility index (Phi) is 23.5. The summed E-state index contributed by atoms with van der Waals surface area (Å²) < 4.78 is 65.1. The third-order valence-corrected chi connectivity index (χ3v) is 23.8. The molecule has 0 bridgehead atoms. The molecule has 9 aliphatic rings. The molecule has 4 aromatic rings. The summed E-state index contributed by atoms with van der Waals surface area (Å²) in [6.45, 7) is 5.63. The lowest BCUT2D eigenvalue weighted by molar-refractivity contribution is -0.228. The number of rotatable bonds is 12. The highest BCUT2D eigenvalue weighted by Crippen LogP contribution is 2.73. The number of nitrogens with one attached hydrogen (secondary N) is 1. The first-order valence-corrected chi connectivity index (χ1v) is 32.0. The summed E-state index contributed by atoms with van der Waals surface area (Å²) in [6, 6.07) is 29.5. The Hall–Kier alpha value is -6.36. The van der Waals surface area contributed by atoms with Gasteiger partial charge in [0.2, 0.25) is 0 Å². The third kappa shape index (κ3) is 12.4. The number of nitrogens with zero attached hydrogens (tertiary/aromatic N) is 1. The maximum Gasteiger partial charge on any atom is 0.193 e. The van der Waals surface area contributed by atoms with E-state index in [1.807, 2.05) is 79.7 Å².